The SMILES string of the molecule is O=C(NC(CO)C(=O)O)c1c(F)c(F)c(F)c(F)c1F. The Morgan fingerprint density at radius 1 is 0.950 bits per heavy atom. The molecule has 5 nitrogen and oxygen atoms in total. The normalized spacial score (nSPS) is 12.1. The number of rotatable bonds is 4. The monoisotopic (exact) mass is 299 g/mol. The summed E-state index contributed by atoms with van der Waals surface area (Å²) in [5, 5.41) is 18.5. The van der Waals surface area contributed by atoms with Crippen LogP contribution in [0.1, 0.15) is 10.4 Å². The summed E-state index contributed by atoms with van der Waals surface area (Å²) in [4.78, 5) is 21.8. The number of carboxylic acid groups (broad SMARTS) is 1. The summed E-state index contributed by atoms with van der Waals surface area (Å²) in [5.74, 6) is -15.6. The maximum absolute atomic E-state index is 13.2. The molecule has 1 atom stereocenters. The predicted octanol–water partition coefficient (Wildman–Crippen LogP) is 0.557. The maximum Gasteiger partial charge on any atom is 0.328 e. The van der Waals surface area contributed by atoms with Crippen LogP contribution in [0.5, 0.6) is 0 Å². The second kappa shape index (κ2) is 5.82. The fourth-order valence-electron chi connectivity index (χ4n) is 1.22. The molecule has 0 saturated heterocycles. The number of nitrogens with one attached hydrogen (secondary N) is 1. The number of hydrogen-bond donors (Lipinski definition) is 3. The van der Waals surface area contributed by atoms with E-state index in [1.54, 1.807) is 0 Å². The number of carboxylic acids is 1. The van der Waals surface area contributed by atoms with Crippen LogP contribution < -0.4 is 5.32 Å². The zero-order valence-electron chi connectivity index (χ0n) is 9.39. The fraction of sp³-hybridized carbons (Fsp3) is 0.200. The van der Waals surface area contributed by atoms with E-state index in [1.807, 2.05) is 0 Å². The van der Waals surface area contributed by atoms with Gasteiger partial charge in [-0.15, -0.1) is 0 Å². The lowest BCUT2D eigenvalue weighted by molar-refractivity contribution is -0.140. The molecule has 20 heavy (non-hydrogen) atoms. The fourth-order valence-corrected chi connectivity index (χ4v) is 1.22. The highest BCUT2D eigenvalue weighted by molar-refractivity contribution is 5.97. The molecule has 10 heteroatoms. The summed E-state index contributed by atoms with van der Waals surface area (Å²) in [5.41, 5.74) is -1.83. The van der Waals surface area contributed by atoms with Crippen LogP contribution in [0.3, 0.4) is 0 Å². The van der Waals surface area contributed by atoms with E-state index in [1.165, 1.54) is 5.32 Å². The lowest BCUT2D eigenvalue weighted by atomic mass is 10.1. The molecule has 1 aromatic carbocycles. The summed E-state index contributed by atoms with van der Waals surface area (Å²) in [6.45, 7) is -1.14. The third kappa shape index (κ3) is 2.69. The zero-order valence-corrected chi connectivity index (χ0v) is 9.39. The number of carbonyl (C=O) groups excluding carboxylic acids is 1. The van der Waals surface area contributed by atoms with Crippen molar-refractivity contribution in [3.63, 3.8) is 0 Å². The van der Waals surface area contributed by atoms with Gasteiger partial charge in [-0.3, -0.25) is 4.79 Å². The molecule has 0 saturated carbocycles. The van der Waals surface area contributed by atoms with Crippen molar-refractivity contribution in [2.45, 2.75) is 6.04 Å². The van der Waals surface area contributed by atoms with Crippen LogP contribution in [-0.4, -0.2) is 34.7 Å². The first-order valence-corrected chi connectivity index (χ1v) is 4.88. The molecule has 1 amide bonds. The van der Waals surface area contributed by atoms with Crippen LogP contribution in [-0.2, 0) is 4.79 Å². The number of benzene rings is 1. The average Bonchev–Trinajstić information content (AvgIpc) is 2.40. The zero-order chi connectivity index (χ0) is 15.6. The lowest BCUT2D eigenvalue weighted by Crippen LogP contribution is -2.44. The predicted molar refractivity (Wildman–Crippen MR) is 52.2 cm³/mol. The second-order valence-electron chi connectivity index (χ2n) is 3.49. The Hall–Kier alpha value is -2.23. The Balaban J connectivity index is 3.27. The van der Waals surface area contributed by atoms with Gasteiger partial charge >= 0.3 is 5.97 Å². The summed E-state index contributed by atoms with van der Waals surface area (Å²) >= 11 is 0. The molecule has 0 spiro atoms. The van der Waals surface area contributed by atoms with Gasteiger partial charge in [0, 0.05) is 0 Å². The van der Waals surface area contributed by atoms with Crippen molar-refractivity contribution >= 4 is 11.9 Å². The van der Waals surface area contributed by atoms with E-state index in [4.69, 9.17) is 10.2 Å². The highest BCUT2D eigenvalue weighted by atomic mass is 19.2. The lowest BCUT2D eigenvalue weighted by Gasteiger charge is -2.13. The summed E-state index contributed by atoms with van der Waals surface area (Å²) in [6, 6.07) is -1.96. The number of halogens is 5. The molecule has 0 aromatic heterocycles. The molecule has 3 N–H and O–H groups in total. The number of hydrogen-bond acceptors (Lipinski definition) is 3. The van der Waals surface area contributed by atoms with E-state index < -0.39 is 59.2 Å². The van der Waals surface area contributed by atoms with Crippen LogP contribution in [0.4, 0.5) is 22.0 Å². The topological polar surface area (TPSA) is 86.6 Å². The van der Waals surface area contributed by atoms with E-state index in [0.29, 0.717) is 0 Å². The van der Waals surface area contributed by atoms with Gasteiger partial charge in [-0.2, -0.15) is 0 Å². The maximum atomic E-state index is 13.2. The third-order valence-electron chi connectivity index (χ3n) is 2.22. The standard InChI is InChI=1S/C10H6F5NO4/c11-4-3(5(12)7(14)8(15)6(4)13)9(18)16-2(1-17)10(19)20/h2,17H,1H2,(H,16,18)(H,19,20). The number of amides is 1. The quantitative estimate of drug-likeness (QED) is 0.431. The largest absolute Gasteiger partial charge is 0.480 e. The van der Waals surface area contributed by atoms with Crippen molar-refractivity contribution in [3.05, 3.63) is 34.6 Å². The van der Waals surface area contributed by atoms with E-state index in [-0.39, 0.29) is 0 Å². The van der Waals surface area contributed by atoms with Crippen LogP contribution in [0.2, 0.25) is 0 Å². The number of aliphatic hydroxyl groups is 1. The molecule has 110 valence electrons. The second-order valence-corrected chi connectivity index (χ2v) is 3.49. The summed E-state index contributed by atoms with van der Waals surface area (Å²) in [7, 11) is 0. The Bertz CT molecular complexity index is 548. The van der Waals surface area contributed by atoms with Crippen LogP contribution in [0.25, 0.3) is 0 Å². The van der Waals surface area contributed by atoms with Gasteiger partial charge in [0.1, 0.15) is 5.56 Å². The first kappa shape index (κ1) is 15.8. The van der Waals surface area contributed by atoms with Gasteiger partial charge < -0.3 is 15.5 Å². The molecule has 0 aliphatic rings. The summed E-state index contributed by atoms with van der Waals surface area (Å²) < 4.78 is 64.8. The Kier molecular flexibility index (Phi) is 4.61. The van der Waals surface area contributed by atoms with E-state index in [9.17, 15) is 31.5 Å². The molecule has 1 rings (SSSR count). The Morgan fingerprint density at radius 2 is 1.35 bits per heavy atom. The molecule has 0 radical (unpaired) electrons. The Morgan fingerprint density at radius 3 is 1.70 bits per heavy atom. The number of carbonyl (C=O) groups is 2. The molecule has 1 aromatic rings. The molecule has 0 heterocycles. The van der Waals surface area contributed by atoms with Crippen molar-refractivity contribution in [3.8, 4) is 0 Å². The third-order valence-corrected chi connectivity index (χ3v) is 2.22. The minimum atomic E-state index is -2.45. The Labute approximate surface area is 107 Å². The van der Waals surface area contributed by atoms with Crippen molar-refractivity contribution in [1.82, 2.24) is 5.32 Å². The summed E-state index contributed by atoms with van der Waals surface area (Å²) in [6.07, 6.45) is 0. The first-order chi connectivity index (χ1) is 9.22. The van der Waals surface area contributed by atoms with Gasteiger partial charge in [0.05, 0.1) is 6.61 Å². The van der Waals surface area contributed by atoms with Gasteiger partial charge in [0.2, 0.25) is 5.82 Å². The van der Waals surface area contributed by atoms with E-state index >= 15 is 0 Å². The molecule has 0 fully saturated rings. The molecule has 0 bridgehead atoms. The van der Waals surface area contributed by atoms with Crippen molar-refractivity contribution in [2.75, 3.05) is 6.61 Å². The highest BCUT2D eigenvalue weighted by Gasteiger charge is 2.31. The minimum absolute atomic E-state index is 1.14. The smallest absolute Gasteiger partial charge is 0.328 e. The highest BCUT2D eigenvalue weighted by Crippen LogP contribution is 2.22. The van der Waals surface area contributed by atoms with Crippen LogP contribution in [0.15, 0.2) is 0 Å². The number of aliphatic carboxylic acids is 1. The van der Waals surface area contributed by atoms with Crippen molar-refractivity contribution in [2.24, 2.45) is 0 Å². The van der Waals surface area contributed by atoms with Gasteiger partial charge in [-0.05, 0) is 0 Å². The average molecular weight is 299 g/mol. The van der Waals surface area contributed by atoms with E-state index in [2.05, 4.69) is 0 Å². The van der Waals surface area contributed by atoms with Gasteiger partial charge in [0.15, 0.2) is 29.3 Å². The molecule has 0 aliphatic carbocycles. The molecule has 0 aliphatic heterocycles. The molecular formula is C10H6F5NO4. The van der Waals surface area contributed by atoms with Crippen LogP contribution in [0, 0.1) is 29.1 Å². The van der Waals surface area contributed by atoms with Crippen molar-refractivity contribution in [1.29, 1.82) is 0 Å². The minimum Gasteiger partial charge on any atom is -0.480 e. The van der Waals surface area contributed by atoms with Crippen molar-refractivity contribution < 1.29 is 41.8 Å². The van der Waals surface area contributed by atoms with E-state index in [0.717, 1.165) is 0 Å². The first-order valence-electron chi connectivity index (χ1n) is 4.88. The number of aliphatic hydroxyl groups excluding tert-OH is 1. The molecule has 1 unspecified atom stereocenters. The van der Waals surface area contributed by atoms with Gasteiger partial charge in [-0.25, -0.2) is 26.7 Å². The van der Waals surface area contributed by atoms with Gasteiger partial charge in [-0.1, -0.05) is 0 Å². The van der Waals surface area contributed by atoms with Crippen LogP contribution >= 0.6 is 0 Å². The molecular weight excluding hydrogens is 293 g/mol. The van der Waals surface area contributed by atoms with Gasteiger partial charge in [0.25, 0.3) is 5.91 Å².